The molecule has 0 spiro atoms. The van der Waals surface area contributed by atoms with Crippen molar-refractivity contribution < 1.29 is 0 Å². The van der Waals surface area contributed by atoms with Gasteiger partial charge in [-0.05, 0) is 62.5 Å². The van der Waals surface area contributed by atoms with E-state index < -0.39 is 0 Å². The Labute approximate surface area is 195 Å². The Hall–Kier alpha value is -1.84. The Morgan fingerprint density at radius 2 is 1.38 bits per heavy atom. The Morgan fingerprint density at radius 1 is 0.781 bits per heavy atom. The van der Waals surface area contributed by atoms with Gasteiger partial charge in [0.05, 0.1) is 5.52 Å². The molecule has 4 atom stereocenters. The molecule has 1 heterocycles. The van der Waals surface area contributed by atoms with Crippen LogP contribution in [-0.4, -0.2) is 35.1 Å². The molecule has 2 fully saturated rings. The predicted molar refractivity (Wildman–Crippen MR) is 138 cm³/mol. The molecule has 4 nitrogen and oxygen atoms in total. The van der Waals surface area contributed by atoms with Gasteiger partial charge in [0.15, 0.2) is 0 Å². The molecular formula is C28H44N4. The Bertz CT molecular complexity index is 866. The minimum Gasteiger partial charge on any atom is -0.353 e. The molecule has 0 bridgehead atoms. The average Bonchev–Trinajstić information content (AvgIpc) is 2.80. The predicted octanol–water partition coefficient (Wildman–Crippen LogP) is 7.22. The summed E-state index contributed by atoms with van der Waals surface area (Å²) in [6.07, 6.45) is 12.8. The number of hydrogen-bond donors (Lipinski definition) is 0. The van der Waals surface area contributed by atoms with Crippen LogP contribution >= 0.6 is 0 Å². The van der Waals surface area contributed by atoms with Crippen LogP contribution in [0.2, 0.25) is 0 Å². The van der Waals surface area contributed by atoms with E-state index >= 15 is 0 Å². The lowest BCUT2D eigenvalue weighted by atomic mass is 9.86. The third-order valence-electron chi connectivity index (χ3n) is 7.73. The number of aromatic nitrogens is 2. The van der Waals surface area contributed by atoms with Crippen LogP contribution in [0.15, 0.2) is 24.3 Å². The van der Waals surface area contributed by atoms with Gasteiger partial charge in [0.2, 0.25) is 5.95 Å². The molecule has 2 saturated carbocycles. The van der Waals surface area contributed by atoms with Gasteiger partial charge in [0, 0.05) is 30.6 Å². The largest absolute Gasteiger partial charge is 0.353 e. The summed E-state index contributed by atoms with van der Waals surface area (Å²) in [4.78, 5) is 15.7. The van der Waals surface area contributed by atoms with Gasteiger partial charge in [-0.25, -0.2) is 4.98 Å². The number of para-hydroxylation sites is 1. The lowest BCUT2D eigenvalue weighted by Gasteiger charge is -2.39. The SMILES string of the molecule is CCCN(c1nc(N(CCC)C2CCCC(C)C2)c2ccccc2n1)C1CCCC(C)C1. The number of anilines is 2. The fourth-order valence-electron chi connectivity index (χ4n) is 6.15. The third-order valence-corrected chi connectivity index (χ3v) is 7.73. The fraction of sp³-hybridized carbons (Fsp3) is 0.714. The van der Waals surface area contributed by atoms with Crippen LogP contribution in [0.5, 0.6) is 0 Å². The van der Waals surface area contributed by atoms with Crippen molar-refractivity contribution in [2.45, 2.75) is 104 Å². The number of benzene rings is 1. The molecular weight excluding hydrogens is 392 g/mol. The van der Waals surface area contributed by atoms with Crippen LogP contribution < -0.4 is 9.80 Å². The van der Waals surface area contributed by atoms with Crippen molar-refractivity contribution >= 4 is 22.7 Å². The van der Waals surface area contributed by atoms with E-state index in [1.54, 1.807) is 0 Å². The highest BCUT2D eigenvalue weighted by atomic mass is 15.3. The number of nitrogens with zero attached hydrogens (tertiary/aromatic N) is 4. The summed E-state index contributed by atoms with van der Waals surface area (Å²) in [5.41, 5.74) is 1.10. The van der Waals surface area contributed by atoms with Crippen LogP contribution in [0.3, 0.4) is 0 Å². The fourth-order valence-corrected chi connectivity index (χ4v) is 6.15. The molecule has 0 radical (unpaired) electrons. The second-order valence-corrected chi connectivity index (χ2v) is 10.6. The molecule has 32 heavy (non-hydrogen) atoms. The molecule has 2 aliphatic carbocycles. The van der Waals surface area contributed by atoms with Crippen molar-refractivity contribution in [3.05, 3.63) is 24.3 Å². The molecule has 4 rings (SSSR count). The van der Waals surface area contributed by atoms with Crippen molar-refractivity contribution in [3.63, 3.8) is 0 Å². The summed E-state index contributed by atoms with van der Waals surface area (Å²) in [7, 11) is 0. The molecule has 0 saturated heterocycles. The summed E-state index contributed by atoms with van der Waals surface area (Å²) < 4.78 is 0. The Balaban J connectivity index is 1.77. The summed E-state index contributed by atoms with van der Waals surface area (Å²) >= 11 is 0. The molecule has 2 aliphatic rings. The highest BCUT2D eigenvalue weighted by Gasteiger charge is 2.30. The molecule has 4 heteroatoms. The van der Waals surface area contributed by atoms with Crippen LogP contribution in [0.1, 0.15) is 91.9 Å². The van der Waals surface area contributed by atoms with Crippen LogP contribution in [0.25, 0.3) is 10.9 Å². The van der Waals surface area contributed by atoms with E-state index in [0.29, 0.717) is 12.1 Å². The zero-order valence-electron chi connectivity index (χ0n) is 20.9. The number of fused-ring (bicyclic) bond motifs is 1. The molecule has 2 aromatic rings. The van der Waals surface area contributed by atoms with E-state index in [2.05, 4.69) is 61.8 Å². The quantitative estimate of drug-likeness (QED) is 0.437. The van der Waals surface area contributed by atoms with E-state index in [0.717, 1.165) is 49.2 Å². The minimum absolute atomic E-state index is 0.571. The van der Waals surface area contributed by atoms with E-state index in [-0.39, 0.29) is 0 Å². The summed E-state index contributed by atoms with van der Waals surface area (Å²) in [5.74, 6) is 3.75. The molecule has 0 amide bonds. The maximum atomic E-state index is 5.38. The monoisotopic (exact) mass is 436 g/mol. The summed E-state index contributed by atoms with van der Waals surface area (Å²) in [5, 5.41) is 1.22. The zero-order valence-corrected chi connectivity index (χ0v) is 20.9. The smallest absolute Gasteiger partial charge is 0.228 e. The minimum atomic E-state index is 0.571. The third kappa shape index (κ3) is 5.21. The topological polar surface area (TPSA) is 32.3 Å². The summed E-state index contributed by atoms with van der Waals surface area (Å²) in [6, 6.07) is 9.86. The lowest BCUT2D eigenvalue weighted by molar-refractivity contribution is 0.325. The molecule has 1 aromatic heterocycles. The average molecular weight is 437 g/mol. The van der Waals surface area contributed by atoms with E-state index in [1.807, 2.05) is 0 Å². The van der Waals surface area contributed by atoms with Gasteiger partial charge in [-0.15, -0.1) is 0 Å². The van der Waals surface area contributed by atoms with Gasteiger partial charge >= 0.3 is 0 Å². The van der Waals surface area contributed by atoms with E-state index in [9.17, 15) is 0 Å². The zero-order chi connectivity index (χ0) is 22.5. The second-order valence-electron chi connectivity index (χ2n) is 10.6. The van der Waals surface area contributed by atoms with Gasteiger partial charge in [0.1, 0.15) is 5.82 Å². The molecule has 0 aliphatic heterocycles. The highest BCUT2D eigenvalue weighted by molar-refractivity contribution is 5.90. The van der Waals surface area contributed by atoms with Crippen LogP contribution in [0.4, 0.5) is 11.8 Å². The first kappa shape index (κ1) is 23.3. The first-order valence-corrected chi connectivity index (χ1v) is 13.4. The lowest BCUT2D eigenvalue weighted by Crippen LogP contribution is -2.42. The maximum absolute atomic E-state index is 5.38. The standard InChI is InChI=1S/C28H44N4/c1-5-17-31(23-13-9-11-21(3)19-23)27-25-15-7-8-16-26(25)29-28(30-27)32(18-6-2)24-14-10-12-22(4)20-24/h7-8,15-16,21-24H,5-6,9-14,17-20H2,1-4H3. The van der Waals surface area contributed by atoms with Gasteiger partial charge in [-0.3, -0.25) is 0 Å². The van der Waals surface area contributed by atoms with Gasteiger partial charge in [-0.2, -0.15) is 4.98 Å². The number of rotatable bonds is 8. The first-order chi connectivity index (χ1) is 15.6. The maximum Gasteiger partial charge on any atom is 0.228 e. The van der Waals surface area contributed by atoms with Gasteiger partial charge in [-0.1, -0.05) is 65.5 Å². The Morgan fingerprint density at radius 3 is 2.00 bits per heavy atom. The molecule has 0 N–H and O–H groups in total. The van der Waals surface area contributed by atoms with Crippen molar-refractivity contribution in [2.24, 2.45) is 11.8 Å². The normalized spacial score (nSPS) is 26.2. The summed E-state index contributed by atoms with van der Waals surface area (Å²) in [6.45, 7) is 11.5. The van der Waals surface area contributed by atoms with Crippen molar-refractivity contribution in [1.82, 2.24) is 9.97 Å². The highest BCUT2D eigenvalue weighted by Crippen LogP contribution is 2.36. The van der Waals surface area contributed by atoms with Crippen LogP contribution in [-0.2, 0) is 0 Å². The molecule has 4 unspecified atom stereocenters. The van der Waals surface area contributed by atoms with Crippen LogP contribution in [0, 0.1) is 11.8 Å². The second kappa shape index (κ2) is 10.9. The van der Waals surface area contributed by atoms with Crippen molar-refractivity contribution in [1.29, 1.82) is 0 Å². The van der Waals surface area contributed by atoms with E-state index in [1.165, 1.54) is 62.6 Å². The van der Waals surface area contributed by atoms with Crippen molar-refractivity contribution in [2.75, 3.05) is 22.9 Å². The first-order valence-electron chi connectivity index (χ1n) is 13.4. The van der Waals surface area contributed by atoms with Crippen molar-refractivity contribution in [3.8, 4) is 0 Å². The Kier molecular flexibility index (Phi) is 7.91. The van der Waals surface area contributed by atoms with Gasteiger partial charge in [0.25, 0.3) is 0 Å². The van der Waals surface area contributed by atoms with E-state index in [4.69, 9.17) is 9.97 Å². The van der Waals surface area contributed by atoms with Gasteiger partial charge < -0.3 is 9.80 Å². The number of hydrogen-bond acceptors (Lipinski definition) is 4. The molecule has 1 aromatic carbocycles. The molecule has 176 valence electrons.